The molecule has 31 nitrogen and oxygen atoms in total. The van der Waals surface area contributed by atoms with Crippen molar-refractivity contribution >= 4 is 35.5 Å². The van der Waals surface area contributed by atoms with E-state index < -0.39 is 184 Å². The van der Waals surface area contributed by atoms with Crippen molar-refractivity contribution in [1.82, 2.24) is 26.6 Å². The Kier molecular flexibility index (Phi) is 35.1. The number of allylic oxidation sites excluding steroid dienone is 2. The van der Waals surface area contributed by atoms with E-state index in [1.807, 2.05) is 0 Å². The molecule has 5 amide bonds. The fourth-order valence-corrected chi connectivity index (χ4v) is 14.3. The molecule has 6 fully saturated rings. The summed E-state index contributed by atoms with van der Waals surface area (Å²) in [6.07, 6.45) is -15.9. The average molecular weight is 1430 g/mol. The predicted molar refractivity (Wildman–Crippen MR) is 355 cm³/mol. The van der Waals surface area contributed by atoms with Gasteiger partial charge in [-0.2, -0.15) is 0 Å². The number of carbonyl (C=O) groups excluding carboxylic acids is 5. The Morgan fingerprint density at radius 3 is 1.59 bits per heavy atom. The molecular formula is C69H119N5O26. The lowest BCUT2D eigenvalue weighted by Gasteiger charge is -2.52. The summed E-state index contributed by atoms with van der Waals surface area (Å²) in [5, 5.41) is 124. The van der Waals surface area contributed by atoms with E-state index in [1.54, 1.807) is 0 Å². The van der Waals surface area contributed by atoms with E-state index in [9.17, 15) is 79.8 Å². The number of ether oxygens (including phenoxy) is 10. The van der Waals surface area contributed by atoms with Gasteiger partial charge in [0, 0.05) is 52.3 Å². The Hall–Kier alpha value is -4.20. The van der Waals surface area contributed by atoms with Crippen LogP contribution in [-0.4, -0.2) is 265 Å². The molecule has 0 radical (unpaired) electrons. The third-order valence-corrected chi connectivity index (χ3v) is 20.0. The quantitative estimate of drug-likeness (QED) is 0.0338. The van der Waals surface area contributed by atoms with E-state index in [0.717, 1.165) is 46.0 Å². The van der Waals surface area contributed by atoms with Crippen molar-refractivity contribution in [2.75, 3.05) is 19.8 Å². The molecule has 16 unspecified atom stereocenters. The Morgan fingerprint density at radius 2 is 1.00 bits per heavy atom. The molecule has 1 saturated carbocycles. The topological polar surface area (TPSA) is 457 Å². The van der Waals surface area contributed by atoms with Crippen molar-refractivity contribution in [2.45, 2.75) is 362 Å². The highest BCUT2D eigenvalue weighted by Crippen LogP contribution is 2.39. The second kappa shape index (κ2) is 41.5. The molecule has 0 aromatic heterocycles. The number of carbonyl (C=O) groups is 6. The van der Waals surface area contributed by atoms with Gasteiger partial charge < -0.3 is 125 Å². The molecule has 26 atom stereocenters. The zero-order chi connectivity index (χ0) is 73.5. The lowest BCUT2D eigenvalue weighted by Crippen LogP contribution is -2.71. The van der Waals surface area contributed by atoms with Crippen LogP contribution in [0.1, 0.15) is 204 Å². The lowest BCUT2D eigenvalue weighted by atomic mass is 9.75. The molecular weight excluding hydrogens is 1310 g/mol. The molecule has 5 heterocycles. The standard InChI is InChI=1S/C69H119N5O26/c1-36(2)27-23-24-32-69(9,43-28-19-16-14-12-10-11-13-15-17-20-29-43)74-46(80)31-22-21-30-45(79)70-33-25-18-26-34-91-64-48(72-41(7)77)59(51(82)38(4)92-64)97-66-49(73-42(8)78)60(58(39(5)94-66)96-67-57(88)54(85)52(83)44(35-75)95-67)98-68-62(56(87)55(86)61(99-68)63(89)90)100-65-47(71-40(6)76)53(84)50(81)37(3)93-65/h27,37-39,43-44,47-62,64-68,75,81-88H,10-26,28-35H2,1-9H3,(H,70,79)(H,71,76)(H,72,77)(H,73,78)(H,74,80)(H,89,90)/t37?,38?,39?,44?,47?,48?,49?,50-,51-,52-,53?,54?,55+,56?,57?,58-,59?,60?,61?,62?,64-,65+,66+,67+,68-,69?/m1/s1. The highest BCUT2D eigenvalue weighted by atomic mass is 16.8. The number of amides is 5. The van der Waals surface area contributed by atoms with Gasteiger partial charge in [0.25, 0.3) is 0 Å². The van der Waals surface area contributed by atoms with Crippen molar-refractivity contribution in [2.24, 2.45) is 5.92 Å². The molecule has 0 aromatic rings. The second-order valence-corrected chi connectivity index (χ2v) is 28.6. The van der Waals surface area contributed by atoms with Crippen LogP contribution in [0.2, 0.25) is 0 Å². The maximum atomic E-state index is 13.7. The Balaban J connectivity index is 1.12. The molecule has 1 aliphatic carbocycles. The van der Waals surface area contributed by atoms with Crippen LogP contribution < -0.4 is 26.6 Å². The highest BCUT2D eigenvalue weighted by molar-refractivity contribution is 5.78. The molecule has 0 bridgehead atoms. The number of unbranched alkanes of at least 4 members (excludes halogenated alkanes) is 4. The van der Waals surface area contributed by atoms with Gasteiger partial charge in [-0.25, -0.2) is 4.79 Å². The van der Waals surface area contributed by atoms with Gasteiger partial charge in [0.15, 0.2) is 37.6 Å². The molecule has 5 saturated heterocycles. The van der Waals surface area contributed by atoms with Crippen LogP contribution in [0.15, 0.2) is 11.6 Å². The molecule has 31 heteroatoms. The van der Waals surface area contributed by atoms with E-state index in [4.69, 9.17) is 47.4 Å². The van der Waals surface area contributed by atoms with E-state index in [1.165, 1.54) is 97.5 Å². The average Bonchev–Trinajstić information content (AvgIpc) is 0.762. The van der Waals surface area contributed by atoms with Gasteiger partial charge >= 0.3 is 5.97 Å². The van der Waals surface area contributed by atoms with Gasteiger partial charge in [0.2, 0.25) is 29.5 Å². The number of aliphatic carboxylic acids is 1. The largest absolute Gasteiger partial charge is 0.479 e. The van der Waals surface area contributed by atoms with Crippen molar-refractivity contribution in [3.63, 3.8) is 0 Å². The summed E-state index contributed by atoms with van der Waals surface area (Å²) < 4.78 is 61.8. The summed E-state index contributed by atoms with van der Waals surface area (Å²) >= 11 is 0. The molecule has 6 aliphatic rings. The summed E-state index contributed by atoms with van der Waals surface area (Å²) in [6.45, 7) is 13.6. The van der Waals surface area contributed by atoms with Crippen LogP contribution >= 0.6 is 0 Å². The molecule has 15 N–H and O–H groups in total. The number of rotatable bonds is 31. The van der Waals surface area contributed by atoms with Crippen molar-refractivity contribution in [1.29, 1.82) is 0 Å². The first-order valence-electron chi connectivity index (χ1n) is 36.3. The normalized spacial score (nSPS) is 37.2. The number of carboxylic acid groups (broad SMARTS) is 1. The van der Waals surface area contributed by atoms with Crippen LogP contribution in [-0.2, 0) is 76.1 Å². The van der Waals surface area contributed by atoms with Gasteiger partial charge in [-0.3, -0.25) is 24.0 Å². The number of hydrogen-bond acceptors (Lipinski definition) is 25. The van der Waals surface area contributed by atoms with E-state index in [-0.39, 0.29) is 30.4 Å². The summed E-state index contributed by atoms with van der Waals surface area (Å²) in [5.74, 6) is -3.69. The first-order valence-corrected chi connectivity index (χ1v) is 36.3. The number of aliphatic hydroxyl groups is 9. The Labute approximate surface area is 587 Å². The number of carboxylic acids is 1. The number of aliphatic hydroxyl groups excluding tert-OH is 9. The van der Waals surface area contributed by atoms with Crippen molar-refractivity contribution < 1.29 is 127 Å². The van der Waals surface area contributed by atoms with E-state index in [2.05, 4.69) is 53.4 Å². The summed E-state index contributed by atoms with van der Waals surface area (Å²) in [4.78, 5) is 78.3. The third-order valence-electron chi connectivity index (χ3n) is 20.0. The summed E-state index contributed by atoms with van der Waals surface area (Å²) in [7, 11) is 0. The summed E-state index contributed by atoms with van der Waals surface area (Å²) in [5.41, 5.74) is 0.982. The zero-order valence-electron chi connectivity index (χ0n) is 59.8. The first-order chi connectivity index (χ1) is 47.5. The van der Waals surface area contributed by atoms with Gasteiger partial charge in [0.05, 0.1) is 24.9 Å². The van der Waals surface area contributed by atoms with Crippen LogP contribution in [0.3, 0.4) is 0 Å². The van der Waals surface area contributed by atoms with Crippen LogP contribution in [0.4, 0.5) is 0 Å². The zero-order valence-corrected chi connectivity index (χ0v) is 59.8. The molecule has 576 valence electrons. The molecule has 0 spiro atoms. The maximum Gasteiger partial charge on any atom is 0.335 e. The van der Waals surface area contributed by atoms with Crippen molar-refractivity contribution in [3.8, 4) is 0 Å². The fraction of sp³-hybridized carbons (Fsp3) is 0.884. The molecule has 0 aromatic carbocycles. The molecule has 100 heavy (non-hydrogen) atoms. The minimum atomic E-state index is -2.29. The van der Waals surface area contributed by atoms with E-state index in [0.29, 0.717) is 51.0 Å². The smallest absolute Gasteiger partial charge is 0.335 e. The van der Waals surface area contributed by atoms with E-state index >= 15 is 0 Å². The summed E-state index contributed by atoms with van der Waals surface area (Å²) in [6, 6.07) is -4.66. The SMILES string of the molecule is CC(=O)NC1C(O)[C@H](O)C(C)O[C@H]1OC1C(O)[C@H](O)C(C(=O)O)O[C@H]1OC1C(NC(C)=O)[C@H](OC2C(NC(C)=O)[C@H](OCCCCCNC(=O)CCCCC(=O)NC(C)(CCCC=C(C)C)C3CCCCCCCCCCCC3)OC(C)[C@H]2O)OC(C)[C@H]1O[C@@H]1OC(CO)[C@@H](O)C(O)C1O. The maximum absolute atomic E-state index is 13.7. The Bertz CT molecular complexity index is 2540. The molecule has 5 aliphatic heterocycles. The molecule has 6 rings (SSSR count). The highest BCUT2D eigenvalue weighted by Gasteiger charge is 2.59. The first kappa shape index (κ1) is 84.7. The lowest BCUT2D eigenvalue weighted by molar-refractivity contribution is -0.388. The van der Waals surface area contributed by atoms with Crippen LogP contribution in [0.25, 0.3) is 0 Å². The number of nitrogens with one attached hydrogen (secondary N) is 5. The van der Waals surface area contributed by atoms with Crippen molar-refractivity contribution in [3.05, 3.63) is 11.6 Å². The fourth-order valence-electron chi connectivity index (χ4n) is 14.3. The second-order valence-electron chi connectivity index (χ2n) is 28.6. The van der Waals surface area contributed by atoms with Gasteiger partial charge in [-0.1, -0.05) is 75.9 Å². The van der Waals surface area contributed by atoms with Crippen LogP contribution in [0.5, 0.6) is 0 Å². The van der Waals surface area contributed by atoms with Crippen LogP contribution in [0, 0.1) is 5.92 Å². The minimum absolute atomic E-state index is 0.0274. The predicted octanol–water partition coefficient (Wildman–Crippen LogP) is 0.875. The monoisotopic (exact) mass is 1430 g/mol. The van der Waals surface area contributed by atoms with Gasteiger partial charge in [-0.05, 0) is 112 Å². The Morgan fingerprint density at radius 1 is 0.480 bits per heavy atom. The van der Waals surface area contributed by atoms with Gasteiger partial charge in [-0.15, -0.1) is 0 Å². The third kappa shape index (κ3) is 24.7. The number of hydrogen-bond donors (Lipinski definition) is 15. The van der Waals surface area contributed by atoms with Gasteiger partial charge in [0.1, 0.15) is 97.5 Å². The minimum Gasteiger partial charge on any atom is -0.479 e.